The first-order valence-corrected chi connectivity index (χ1v) is 5.76. The molecule has 1 aromatic carbocycles. The lowest BCUT2D eigenvalue weighted by Crippen LogP contribution is -2.51. The maximum atomic E-state index is 12.2. The van der Waals surface area contributed by atoms with Crippen molar-refractivity contribution in [1.29, 1.82) is 0 Å². The van der Waals surface area contributed by atoms with Crippen molar-refractivity contribution < 1.29 is 9.90 Å². The minimum atomic E-state index is 0.0442. The molecule has 1 aliphatic rings. The average molecular weight is 230 g/mol. The molecule has 1 aliphatic heterocycles. The molecule has 17 heavy (non-hydrogen) atoms. The second-order valence-electron chi connectivity index (χ2n) is 4.51. The fourth-order valence-corrected chi connectivity index (χ4v) is 2.28. The predicted molar refractivity (Wildman–Crippen MR) is 64.8 cm³/mol. The summed E-state index contributed by atoms with van der Waals surface area (Å²) in [6.07, 6.45) is 1.84. The standard InChI is InChI=1S/C13H14N2O2/c16-8-9-6-15(7-9)13(17)11-3-1-2-10-4-5-14-12(10)11/h1-5,9,14,16H,6-8H2. The SMILES string of the molecule is O=C(c1cccc2cc[nH]c12)N1CC(CO)C1. The summed E-state index contributed by atoms with van der Waals surface area (Å²) in [4.78, 5) is 17.1. The molecule has 0 bridgehead atoms. The molecule has 0 radical (unpaired) electrons. The zero-order valence-corrected chi connectivity index (χ0v) is 9.39. The number of nitrogens with one attached hydrogen (secondary N) is 1. The number of aliphatic hydroxyl groups is 1. The second kappa shape index (κ2) is 3.89. The number of likely N-dealkylation sites (tertiary alicyclic amines) is 1. The number of aromatic amines is 1. The highest BCUT2D eigenvalue weighted by molar-refractivity contribution is 6.05. The Labute approximate surface area is 98.9 Å². The van der Waals surface area contributed by atoms with Crippen molar-refractivity contribution >= 4 is 16.8 Å². The predicted octanol–water partition coefficient (Wildman–Crippen LogP) is 1.23. The Morgan fingerprint density at radius 1 is 1.41 bits per heavy atom. The van der Waals surface area contributed by atoms with E-state index in [-0.39, 0.29) is 18.4 Å². The highest BCUT2D eigenvalue weighted by Crippen LogP contribution is 2.22. The van der Waals surface area contributed by atoms with Crippen LogP contribution in [0, 0.1) is 5.92 Å². The lowest BCUT2D eigenvalue weighted by Gasteiger charge is -2.38. The summed E-state index contributed by atoms with van der Waals surface area (Å²) in [5, 5.41) is 10.0. The Kier molecular flexibility index (Phi) is 2.37. The Bertz CT molecular complexity index is 555. The normalized spacial score (nSPS) is 16.2. The zero-order chi connectivity index (χ0) is 11.8. The van der Waals surface area contributed by atoms with Gasteiger partial charge in [-0.15, -0.1) is 0 Å². The third-order valence-corrected chi connectivity index (χ3v) is 3.32. The molecule has 3 rings (SSSR count). The lowest BCUT2D eigenvalue weighted by atomic mass is 9.99. The van der Waals surface area contributed by atoms with Gasteiger partial charge in [-0.1, -0.05) is 12.1 Å². The summed E-state index contributed by atoms with van der Waals surface area (Å²) in [7, 11) is 0. The monoisotopic (exact) mass is 230 g/mol. The Morgan fingerprint density at radius 3 is 3.00 bits per heavy atom. The van der Waals surface area contributed by atoms with Crippen molar-refractivity contribution in [3.63, 3.8) is 0 Å². The number of carbonyl (C=O) groups excluding carboxylic acids is 1. The first-order chi connectivity index (χ1) is 8.29. The van der Waals surface area contributed by atoms with Crippen LogP contribution in [0.25, 0.3) is 10.9 Å². The number of aliphatic hydroxyl groups excluding tert-OH is 1. The number of benzene rings is 1. The van der Waals surface area contributed by atoms with Crippen LogP contribution >= 0.6 is 0 Å². The van der Waals surface area contributed by atoms with E-state index in [1.54, 1.807) is 4.90 Å². The third-order valence-electron chi connectivity index (χ3n) is 3.32. The van der Waals surface area contributed by atoms with E-state index >= 15 is 0 Å². The largest absolute Gasteiger partial charge is 0.396 e. The Balaban J connectivity index is 1.89. The van der Waals surface area contributed by atoms with Gasteiger partial charge in [-0.25, -0.2) is 0 Å². The van der Waals surface area contributed by atoms with Crippen molar-refractivity contribution in [1.82, 2.24) is 9.88 Å². The van der Waals surface area contributed by atoms with E-state index in [0.29, 0.717) is 18.7 Å². The average Bonchev–Trinajstić information content (AvgIpc) is 2.74. The van der Waals surface area contributed by atoms with Gasteiger partial charge in [0.1, 0.15) is 0 Å². The van der Waals surface area contributed by atoms with Gasteiger partial charge in [-0.2, -0.15) is 0 Å². The van der Waals surface area contributed by atoms with Crippen LogP contribution in [0.15, 0.2) is 30.5 Å². The number of aromatic nitrogens is 1. The summed E-state index contributed by atoms with van der Waals surface area (Å²) in [5.74, 6) is 0.296. The van der Waals surface area contributed by atoms with Crippen LogP contribution in [0.2, 0.25) is 0 Å². The number of carbonyl (C=O) groups is 1. The second-order valence-corrected chi connectivity index (χ2v) is 4.51. The summed E-state index contributed by atoms with van der Waals surface area (Å²) < 4.78 is 0. The number of nitrogens with zero attached hydrogens (tertiary/aromatic N) is 1. The molecule has 1 aromatic heterocycles. The summed E-state index contributed by atoms with van der Waals surface area (Å²) >= 11 is 0. The van der Waals surface area contributed by atoms with Gasteiger partial charge < -0.3 is 15.0 Å². The maximum Gasteiger partial charge on any atom is 0.256 e. The number of fused-ring (bicyclic) bond motifs is 1. The van der Waals surface area contributed by atoms with Gasteiger partial charge in [0, 0.05) is 37.2 Å². The molecule has 4 heteroatoms. The molecule has 0 saturated carbocycles. The smallest absolute Gasteiger partial charge is 0.256 e. The summed E-state index contributed by atoms with van der Waals surface area (Å²) in [5.41, 5.74) is 1.61. The number of amides is 1. The molecule has 0 spiro atoms. The van der Waals surface area contributed by atoms with E-state index in [0.717, 1.165) is 10.9 Å². The van der Waals surface area contributed by atoms with Gasteiger partial charge >= 0.3 is 0 Å². The molecule has 1 amide bonds. The van der Waals surface area contributed by atoms with Gasteiger partial charge in [0.05, 0.1) is 11.1 Å². The molecule has 2 heterocycles. The first kappa shape index (κ1) is 10.4. The van der Waals surface area contributed by atoms with Crippen LogP contribution < -0.4 is 0 Å². The molecule has 1 fully saturated rings. The highest BCUT2D eigenvalue weighted by Gasteiger charge is 2.31. The molecular formula is C13H14N2O2. The van der Waals surface area contributed by atoms with E-state index < -0.39 is 0 Å². The topological polar surface area (TPSA) is 56.3 Å². The molecule has 2 N–H and O–H groups in total. The van der Waals surface area contributed by atoms with Crippen LogP contribution in [-0.4, -0.2) is 40.6 Å². The maximum absolute atomic E-state index is 12.2. The highest BCUT2D eigenvalue weighted by atomic mass is 16.3. The van der Waals surface area contributed by atoms with Crippen LogP contribution in [0.1, 0.15) is 10.4 Å². The number of H-pyrrole nitrogens is 1. The number of para-hydroxylation sites is 1. The van der Waals surface area contributed by atoms with E-state index in [2.05, 4.69) is 4.98 Å². The van der Waals surface area contributed by atoms with Gasteiger partial charge in [0.15, 0.2) is 0 Å². The first-order valence-electron chi connectivity index (χ1n) is 5.76. The van der Waals surface area contributed by atoms with E-state index in [1.807, 2.05) is 30.5 Å². The van der Waals surface area contributed by atoms with Gasteiger partial charge in [0.25, 0.3) is 5.91 Å². The molecule has 88 valence electrons. The van der Waals surface area contributed by atoms with Crippen LogP contribution in [0.3, 0.4) is 0 Å². The zero-order valence-electron chi connectivity index (χ0n) is 9.39. The summed E-state index contributed by atoms with van der Waals surface area (Å²) in [6, 6.07) is 7.67. The van der Waals surface area contributed by atoms with Crippen LogP contribution in [-0.2, 0) is 0 Å². The van der Waals surface area contributed by atoms with Gasteiger partial charge in [0.2, 0.25) is 0 Å². The van der Waals surface area contributed by atoms with Crippen molar-refractivity contribution in [3.8, 4) is 0 Å². The molecule has 2 aromatic rings. The molecular weight excluding hydrogens is 216 g/mol. The lowest BCUT2D eigenvalue weighted by molar-refractivity contribution is 0.0363. The molecule has 4 nitrogen and oxygen atoms in total. The molecule has 0 unspecified atom stereocenters. The van der Waals surface area contributed by atoms with Gasteiger partial charge in [-0.05, 0) is 12.1 Å². The third kappa shape index (κ3) is 1.61. The quantitative estimate of drug-likeness (QED) is 0.815. The van der Waals surface area contributed by atoms with E-state index in [4.69, 9.17) is 5.11 Å². The van der Waals surface area contributed by atoms with Crippen molar-refractivity contribution in [2.75, 3.05) is 19.7 Å². The van der Waals surface area contributed by atoms with Crippen LogP contribution in [0.4, 0.5) is 0 Å². The van der Waals surface area contributed by atoms with Crippen molar-refractivity contribution in [3.05, 3.63) is 36.0 Å². The van der Waals surface area contributed by atoms with Crippen LogP contribution in [0.5, 0.6) is 0 Å². The number of hydrogen-bond acceptors (Lipinski definition) is 2. The minimum Gasteiger partial charge on any atom is -0.396 e. The van der Waals surface area contributed by atoms with E-state index in [1.165, 1.54) is 0 Å². The van der Waals surface area contributed by atoms with E-state index in [9.17, 15) is 4.79 Å². The Hall–Kier alpha value is -1.81. The van der Waals surface area contributed by atoms with Crippen molar-refractivity contribution in [2.24, 2.45) is 5.92 Å². The molecule has 1 saturated heterocycles. The van der Waals surface area contributed by atoms with Crippen molar-refractivity contribution in [2.45, 2.75) is 0 Å². The number of hydrogen-bond donors (Lipinski definition) is 2. The fraction of sp³-hybridized carbons (Fsp3) is 0.308. The molecule has 0 atom stereocenters. The van der Waals surface area contributed by atoms with Gasteiger partial charge in [-0.3, -0.25) is 4.79 Å². The fourth-order valence-electron chi connectivity index (χ4n) is 2.28. The Morgan fingerprint density at radius 2 is 2.24 bits per heavy atom. The minimum absolute atomic E-state index is 0.0442. The summed E-state index contributed by atoms with van der Waals surface area (Å²) in [6.45, 7) is 1.48. The molecule has 0 aliphatic carbocycles. The number of rotatable bonds is 2.